The number of halogens is 1. The molecular weight excluding hydrogens is 450 g/mol. The molecule has 0 N–H and O–H groups in total. The summed E-state index contributed by atoms with van der Waals surface area (Å²) in [7, 11) is 1.85. The van der Waals surface area contributed by atoms with Gasteiger partial charge in [0, 0.05) is 23.8 Å². The second-order valence-corrected chi connectivity index (χ2v) is 8.09. The highest BCUT2D eigenvalue weighted by atomic mass is 35.5. The molecule has 0 aliphatic carbocycles. The Bertz CT molecular complexity index is 1370. The number of hydrogen-bond donors (Lipinski definition) is 0. The van der Waals surface area contributed by atoms with Crippen LogP contribution < -0.4 is 15.0 Å². The third-order valence-corrected chi connectivity index (χ3v) is 5.84. The summed E-state index contributed by atoms with van der Waals surface area (Å²) < 4.78 is 15.2. The van der Waals surface area contributed by atoms with E-state index in [1.54, 1.807) is 10.9 Å². The van der Waals surface area contributed by atoms with Crippen LogP contribution in [0.25, 0.3) is 5.69 Å². The smallest absolute Gasteiger partial charge is 0.297 e. The van der Waals surface area contributed by atoms with E-state index in [4.69, 9.17) is 21.1 Å². The number of aliphatic imine (C=N–C) groups is 1. The van der Waals surface area contributed by atoms with Crippen molar-refractivity contribution in [1.29, 1.82) is 0 Å². The molecule has 0 bridgehead atoms. The molecule has 3 aromatic carbocycles. The Labute approximate surface area is 203 Å². The van der Waals surface area contributed by atoms with Crippen molar-refractivity contribution in [3.05, 3.63) is 105 Å². The first-order chi connectivity index (χ1) is 16.5. The summed E-state index contributed by atoms with van der Waals surface area (Å²) in [6.45, 7) is 4.61. The minimum atomic E-state index is -0.174. The number of para-hydroxylation sites is 1. The Hall–Kier alpha value is -3.77. The minimum absolute atomic E-state index is 0.174. The summed E-state index contributed by atoms with van der Waals surface area (Å²) in [5.74, 6) is 1.21. The molecule has 0 amide bonds. The van der Waals surface area contributed by atoms with Crippen LogP contribution in [0.4, 0.5) is 5.69 Å². The lowest BCUT2D eigenvalue weighted by atomic mass is 10.2. The first-order valence-electron chi connectivity index (χ1n) is 11.0. The maximum atomic E-state index is 13.1. The number of aromatic nitrogens is 2. The quantitative estimate of drug-likeness (QED) is 0.300. The fraction of sp³-hybridized carbons (Fsp3) is 0.185. The SMILES string of the molecule is CCOc1cc(C=Nc2c(C)n(C)n(-c3ccccc3)c2=O)ccc1OCc1ccccc1Cl. The van der Waals surface area contributed by atoms with E-state index < -0.39 is 0 Å². The number of ether oxygens (including phenoxy) is 2. The molecule has 174 valence electrons. The Balaban J connectivity index is 1.60. The van der Waals surface area contributed by atoms with Gasteiger partial charge in [0.05, 0.1) is 18.0 Å². The van der Waals surface area contributed by atoms with Crippen molar-refractivity contribution in [2.75, 3.05) is 6.61 Å². The maximum Gasteiger partial charge on any atom is 0.297 e. The van der Waals surface area contributed by atoms with Crippen molar-refractivity contribution in [2.24, 2.45) is 12.0 Å². The largest absolute Gasteiger partial charge is 0.490 e. The molecule has 0 spiro atoms. The summed E-state index contributed by atoms with van der Waals surface area (Å²) >= 11 is 6.24. The molecule has 7 heteroatoms. The lowest BCUT2D eigenvalue weighted by Crippen LogP contribution is -2.19. The molecule has 0 aliphatic rings. The monoisotopic (exact) mass is 475 g/mol. The summed E-state index contributed by atoms with van der Waals surface area (Å²) in [5.41, 5.74) is 3.47. The van der Waals surface area contributed by atoms with Crippen LogP contribution in [0.3, 0.4) is 0 Å². The van der Waals surface area contributed by atoms with Gasteiger partial charge in [-0.15, -0.1) is 0 Å². The van der Waals surface area contributed by atoms with Crippen molar-refractivity contribution >= 4 is 23.5 Å². The molecule has 0 unspecified atom stereocenters. The van der Waals surface area contributed by atoms with E-state index >= 15 is 0 Å². The van der Waals surface area contributed by atoms with Crippen molar-refractivity contribution < 1.29 is 9.47 Å². The van der Waals surface area contributed by atoms with E-state index in [2.05, 4.69) is 4.99 Å². The van der Waals surface area contributed by atoms with Crippen molar-refractivity contribution in [2.45, 2.75) is 20.5 Å². The average molecular weight is 476 g/mol. The summed E-state index contributed by atoms with van der Waals surface area (Å²) in [6.07, 6.45) is 1.67. The van der Waals surface area contributed by atoms with Crippen LogP contribution >= 0.6 is 11.6 Å². The fourth-order valence-corrected chi connectivity index (χ4v) is 3.80. The van der Waals surface area contributed by atoms with Crippen LogP contribution in [0.1, 0.15) is 23.7 Å². The van der Waals surface area contributed by atoms with E-state index in [0.29, 0.717) is 35.4 Å². The molecule has 1 heterocycles. The normalized spacial score (nSPS) is 11.2. The van der Waals surface area contributed by atoms with Gasteiger partial charge in [-0.1, -0.05) is 48.0 Å². The lowest BCUT2D eigenvalue weighted by Gasteiger charge is -2.13. The standard InChI is InChI=1S/C27H26ClN3O3/c1-4-33-25-16-20(14-15-24(25)34-18-21-10-8-9-13-23(21)28)17-29-26-19(2)30(3)31(27(26)32)22-11-6-5-7-12-22/h5-17H,4,18H2,1-3H3. The van der Waals surface area contributed by atoms with Crippen molar-refractivity contribution in [1.82, 2.24) is 9.36 Å². The van der Waals surface area contributed by atoms with E-state index in [0.717, 1.165) is 22.5 Å². The summed E-state index contributed by atoms with van der Waals surface area (Å²) in [4.78, 5) is 17.6. The van der Waals surface area contributed by atoms with Gasteiger partial charge in [-0.05, 0) is 55.8 Å². The number of nitrogens with zero attached hydrogens (tertiary/aromatic N) is 3. The van der Waals surface area contributed by atoms with Gasteiger partial charge in [-0.25, -0.2) is 9.67 Å². The van der Waals surface area contributed by atoms with Crippen LogP contribution in [0, 0.1) is 6.92 Å². The van der Waals surface area contributed by atoms with Crippen LogP contribution in [-0.2, 0) is 13.7 Å². The zero-order valence-corrected chi connectivity index (χ0v) is 20.1. The molecule has 0 fully saturated rings. The second kappa shape index (κ2) is 10.4. The van der Waals surface area contributed by atoms with E-state index in [-0.39, 0.29) is 5.56 Å². The average Bonchev–Trinajstić information content (AvgIpc) is 3.06. The van der Waals surface area contributed by atoms with Gasteiger partial charge in [0.25, 0.3) is 5.56 Å². The molecule has 0 atom stereocenters. The molecule has 4 aromatic rings. The zero-order valence-electron chi connectivity index (χ0n) is 19.4. The number of hydrogen-bond acceptors (Lipinski definition) is 4. The molecule has 34 heavy (non-hydrogen) atoms. The number of rotatable bonds is 8. The van der Waals surface area contributed by atoms with Gasteiger partial charge >= 0.3 is 0 Å². The molecule has 0 radical (unpaired) electrons. The summed E-state index contributed by atoms with van der Waals surface area (Å²) in [5, 5.41) is 0.656. The first kappa shape index (κ1) is 23.4. The van der Waals surface area contributed by atoms with Gasteiger partial charge in [0.15, 0.2) is 17.2 Å². The fourth-order valence-electron chi connectivity index (χ4n) is 3.61. The molecule has 6 nitrogen and oxygen atoms in total. The molecule has 4 rings (SSSR count). The Morgan fingerprint density at radius 2 is 1.71 bits per heavy atom. The van der Waals surface area contributed by atoms with E-state index in [1.807, 2.05) is 98.4 Å². The second-order valence-electron chi connectivity index (χ2n) is 7.69. The number of benzene rings is 3. The third-order valence-electron chi connectivity index (χ3n) is 5.48. The predicted octanol–water partition coefficient (Wildman–Crippen LogP) is 5.87. The third kappa shape index (κ3) is 4.92. The zero-order chi connectivity index (χ0) is 24.1. The highest BCUT2D eigenvalue weighted by molar-refractivity contribution is 6.31. The molecule has 0 saturated heterocycles. The lowest BCUT2D eigenvalue weighted by molar-refractivity contribution is 0.269. The van der Waals surface area contributed by atoms with E-state index in [1.165, 1.54) is 0 Å². The summed E-state index contributed by atoms with van der Waals surface area (Å²) in [6, 6.07) is 22.6. The van der Waals surface area contributed by atoms with Crippen LogP contribution in [0.2, 0.25) is 5.02 Å². The topological polar surface area (TPSA) is 57.8 Å². The highest BCUT2D eigenvalue weighted by Crippen LogP contribution is 2.30. The van der Waals surface area contributed by atoms with Crippen molar-refractivity contribution in [3.8, 4) is 17.2 Å². The molecule has 0 aliphatic heterocycles. The van der Waals surface area contributed by atoms with Gasteiger partial charge < -0.3 is 9.47 Å². The Morgan fingerprint density at radius 3 is 2.44 bits per heavy atom. The van der Waals surface area contributed by atoms with Crippen LogP contribution in [0.5, 0.6) is 11.5 Å². The highest BCUT2D eigenvalue weighted by Gasteiger charge is 2.15. The van der Waals surface area contributed by atoms with Crippen molar-refractivity contribution in [3.63, 3.8) is 0 Å². The predicted molar refractivity (Wildman–Crippen MR) is 136 cm³/mol. The molecule has 0 saturated carbocycles. The van der Waals surface area contributed by atoms with E-state index in [9.17, 15) is 4.79 Å². The minimum Gasteiger partial charge on any atom is -0.490 e. The first-order valence-corrected chi connectivity index (χ1v) is 11.4. The van der Waals surface area contributed by atoms with Crippen LogP contribution in [-0.4, -0.2) is 22.2 Å². The van der Waals surface area contributed by atoms with Gasteiger partial charge in [0.2, 0.25) is 0 Å². The Kier molecular flexibility index (Phi) is 7.18. The Morgan fingerprint density at radius 1 is 0.971 bits per heavy atom. The van der Waals surface area contributed by atoms with Gasteiger partial charge in [-0.2, -0.15) is 0 Å². The van der Waals surface area contributed by atoms with Gasteiger partial charge in [0.1, 0.15) is 6.61 Å². The molecule has 1 aromatic heterocycles. The van der Waals surface area contributed by atoms with Gasteiger partial charge in [-0.3, -0.25) is 9.48 Å². The molecular formula is C27H26ClN3O3. The maximum absolute atomic E-state index is 13.1. The van der Waals surface area contributed by atoms with Crippen LogP contribution in [0.15, 0.2) is 82.6 Å².